The highest BCUT2D eigenvalue weighted by molar-refractivity contribution is 6.35. The summed E-state index contributed by atoms with van der Waals surface area (Å²) in [6.07, 6.45) is 6.84. The highest BCUT2D eigenvalue weighted by Crippen LogP contribution is 2.39. The molecule has 1 aliphatic heterocycles. The Hall–Kier alpha value is -3.92. The first-order valence-corrected chi connectivity index (χ1v) is 19.3. The number of nitrogens with zero attached hydrogens (tertiary/aromatic N) is 4. The minimum Gasteiger partial charge on any atom is -0.492 e. The Kier molecular flexibility index (Phi) is 14.1. The molecule has 1 atom stereocenters. The van der Waals surface area contributed by atoms with E-state index in [4.69, 9.17) is 37.4 Å². The van der Waals surface area contributed by atoms with Crippen molar-refractivity contribution in [2.75, 3.05) is 46.0 Å². The predicted octanol–water partition coefficient (Wildman–Crippen LogP) is 6.79. The SMILES string of the molecule is Cc1c(COc2cc(OCc3cncc(C#N)c3)c(CN(CC3CC3)C(CO)CO)cc2Cl)cccc1-c1cccc(OCCCN2CC[C@@H](O)C2)c1Cl. The number of aliphatic hydroxyl groups is 3. The van der Waals surface area contributed by atoms with Gasteiger partial charge in [-0.25, -0.2) is 0 Å². The number of halogens is 2. The van der Waals surface area contributed by atoms with E-state index in [1.807, 2.05) is 49.4 Å². The Balaban J connectivity index is 1.19. The van der Waals surface area contributed by atoms with Crippen molar-refractivity contribution in [3.63, 3.8) is 0 Å². The molecule has 0 radical (unpaired) electrons. The molecule has 0 unspecified atom stereocenters. The number of hydrogen-bond donors (Lipinski definition) is 3. The molecule has 3 N–H and O–H groups in total. The number of benzene rings is 3. The van der Waals surface area contributed by atoms with Gasteiger partial charge in [0.2, 0.25) is 0 Å². The van der Waals surface area contributed by atoms with E-state index in [9.17, 15) is 20.6 Å². The van der Waals surface area contributed by atoms with Gasteiger partial charge in [-0.1, -0.05) is 53.5 Å². The largest absolute Gasteiger partial charge is 0.492 e. The maximum atomic E-state index is 10.0. The summed E-state index contributed by atoms with van der Waals surface area (Å²) < 4.78 is 18.8. The Morgan fingerprint density at radius 3 is 2.44 bits per heavy atom. The third-order valence-electron chi connectivity index (χ3n) is 10.1. The number of nitriles is 1. The van der Waals surface area contributed by atoms with Gasteiger partial charge in [-0.15, -0.1) is 0 Å². The topological polar surface area (TPSA) is 132 Å². The van der Waals surface area contributed by atoms with Crippen LogP contribution >= 0.6 is 23.2 Å². The van der Waals surface area contributed by atoms with Crippen LogP contribution in [-0.2, 0) is 19.8 Å². The summed E-state index contributed by atoms with van der Waals surface area (Å²) >= 11 is 13.8. The highest BCUT2D eigenvalue weighted by Gasteiger charge is 2.29. The highest BCUT2D eigenvalue weighted by atomic mass is 35.5. The Morgan fingerprint density at radius 2 is 1.70 bits per heavy atom. The smallest absolute Gasteiger partial charge is 0.142 e. The molecule has 12 heteroatoms. The molecule has 54 heavy (non-hydrogen) atoms. The molecule has 0 amide bonds. The molecule has 6 rings (SSSR count). The lowest BCUT2D eigenvalue weighted by Crippen LogP contribution is -2.41. The van der Waals surface area contributed by atoms with Crippen LogP contribution in [-0.4, -0.2) is 88.2 Å². The second kappa shape index (κ2) is 19.1. The summed E-state index contributed by atoms with van der Waals surface area (Å²) in [6, 6.07) is 18.9. The van der Waals surface area contributed by atoms with Gasteiger partial charge in [-0.05, 0) is 73.4 Å². The van der Waals surface area contributed by atoms with Gasteiger partial charge in [0.1, 0.15) is 36.5 Å². The van der Waals surface area contributed by atoms with Crippen LogP contribution in [0.5, 0.6) is 17.2 Å². The summed E-state index contributed by atoms with van der Waals surface area (Å²) in [7, 11) is 0. The molecule has 2 heterocycles. The van der Waals surface area contributed by atoms with Crippen molar-refractivity contribution in [1.29, 1.82) is 5.26 Å². The standard InChI is InChI=1S/C42H48Cl2N4O6/c1-28-32(5-2-6-36(28)37-7-3-8-39(42(37)44)52-14-4-12-47-13-11-35(51)23-47)27-54-41-17-40(53-26-31-15-30(18-45)19-46-20-31)33(16-38(41)43)22-48(21-29-9-10-29)34(24-49)25-50/h2-3,5-8,15-17,19-20,29,34-35,49-51H,4,9-14,21-27H2,1H3/t35-/m1/s1. The molecule has 1 aliphatic carbocycles. The monoisotopic (exact) mass is 774 g/mol. The van der Waals surface area contributed by atoms with Crippen LogP contribution < -0.4 is 14.2 Å². The predicted molar refractivity (Wildman–Crippen MR) is 209 cm³/mol. The van der Waals surface area contributed by atoms with E-state index in [1.54, 1.807) is 18.3 Å². The molecule has 1 aromatic heterocycles. The van der Waals surface area contributed by atoms with E-state index in [0.29, 0.717) is 51.9 Å². The molecule has 4 aromatic rings. The fourth-order valence-electron chi connectivity index (χ4n) is 6.82. The normalized spacial score (nSPS) is 15.9. The van der Waals surface area contributed by atoms with Gasteiger partial charge >= 0.3 is 0 Å². The summed E-state index contributed by atoms with van der Waals surface area (Å²) in [6.45, 7) is 6.27. The van der Waals surface area contributed by atoms with E-state index >= 15 is 0 Å². The minimum absolute atomic E-state index is 0.163. The first-order valence-electron chi connectivity index (χ1n) is 18.5. The van der Waals surface area contributed by atoms with E-state index in [2.05, 4.69) is 20.9 Å². The second-order valence-corrected chi connectivity index (χ2v) is 15.0. The van der Waals surface area contributed by atoms with Crippen LogP contribution in [0.25, 0.3) is 11.1 Å². The average molecular weight is 776 g/mol. The Bertz CT molecular complexity index is 1910. The van der Waals surface area contributed by atoms with E-state index < -0.39 is 6.04 Å². The molecule has 0 spiro atoms. The Morgan fingerprint density at radius 1 is 0.926 bits per heavy atom. The Labute approximate surface area is 327 Å². The summed E-state index contributed by atoms with van der Waals surface area (Å²) in [4.78, 5) is 8.49. The fourth-order valence-corrected chi connectivity index (χ4v) is 7.34. The van der Waals surface area contributed by atoms with Crippen molar-refractivity contribution < 1.29 is 29.5 Å². The number of aliphatic hydroxyl groups excluding tert-OH is 3. The van der Waals surface area contributed by atoms with Crippen molar-refractivity contribution in [3.05, 3.63) is 105 Å². The number of pyridine rings is 1. The maximum Gasteiger partial charge on any atom is 0.142 e. The number of rotatable bonds is 19. The van der Waals surface area contributed by atoms with Crippen molar-refractivity contribution in [1.82, 2.24) is 14.8 Å². The van der Waals surface area contributed by atoms with Crippen molar-refractivity contribution in [2.45, 2.75) is 64.5 Å². The third-order valence-corrected chi connectivity index (χ3v) is 10.8. The lowest BCUT2D eigenvalue weighted by Gasteiger charge is -2.30. The van der Waals surface area contributed by atoms with E-state index in [1.165, 1.54) is 6.20 Å². The maximum absolute atomic E-state index is 10.0. The van der Waals surface area contributed by atoms with Crippen LogP contribution in [0, 0.1) is 24.2 Å². The summed E-state index contributed by atoms with van der Waals surface area (Å²) in [5.74, 6) is 2.14. The molecule has 3 aromatic carbocycles. The first kappa shape index (κ1) is 39.8. The molecule has 0 bridgehead atoms. The van der Waals surface area contributed by atoms with Gasteiger partial charge in [0, 0.05) is 67.9 Å². The lowest BCUT2D eigenvalue weighted by molar-refractivity contribution is 0.0646. The van der Waals surface area contributed by atoms with Crippen molar-refractivity contribution in [2.24, 2.45) is 5.92 Å². The molecule has 2 aliphatic rings. The number of aromatic nitrogens is 1. The zero-order valence-corrected chi connectivity index (χ0v) is 32.1. The van der Waals surface area contributed by atoms with Gasteiger partial charge in [-0.2, -0.15) is 5.26 Å². The number of ether oxygens (including phenoxy) is 3. The average Bonchev–Trinajstić information content (AvgIpc) is 3.90. The van der Waals surface area contributed by atoms with Crippen LogP contribution in [0.15, 0.2) is 67.0 Å². The number of likely N-dealkylation sites (tertiary alicyclic amines) is 1. The molecule has 286 valence electrons. The zero-order chi connectivity index (χ0) is 38.0. The van der Waals surface area contributed by atoms with Gasteiger partial charge < -0.3 is 34.4 Å². The van der Waals surface area contributed by atoms with Crippen LogP contribution in [0.3, 0.4) is 0 Å². The number of hydrogen-bond acceptors (Lipinski definition) is 10. The van der Waals surface area contributed by atoms with Gasteiger partial charge in [-0.3, -0.25) is 9.88 Å². The summed E-state index contributed by atoms with van der Waals surface area (Å²) in [5.41, 5.74) is 5.75. The zero-order valence-electron chi connectivity index (χ0n) is 30.6. The van der Waals surface area contributed by atoms with Crippen molar-refractivity contribution >= 4 is 23.2 Å². The quantitative estimate of drug-likeness (QED) is 0.0876. The third kappa shape index (κ3) is 10.4. The number of β-amino-alcohol motifs (C(OH)–C–C–N with tert-alkyl or cyclic N) is 1. The van der Waals surface area contributed by atoms with Gasteiger partial charge in [0.25, 0.3) is 0 Å². The molecular formula is C42H48Cl2N4O6. The van der Waals surface area contributed by atoms with Gasteiger partial charge in [0.05, 0.1) is 47.6 Å². The van der Waals surface area contributed by atoms with E-state index in [0.717, 1.165) is 85.2 Å². The molecule has 1 saturated heterocycles. The van der Waals surface area contributed by atoms with Crippen molar-refractivity contribution in [3.8, 4) is 34.4 Å². The van der Waals surface area contributed by atoms with Crippen LogP contribution in [0.2, 0.25) is 10.0 Å². The molecular weight excluding hydrogens is 727 g/mol. The molecule has 10 nitrogen and oxygen atoms in total. The molecule has 2 fully saturated rings. The fraction of sp³-hybridized carbons (Fsp3) is 0.429. The minimum atomic E-state index is -0.420. The molecule has 1 saturated carbocycles. The summed E-state index contributed by atoms with van der Waals surface area (Å²) in [5, 5.41) is 40.2. The first-order chi connectivity index (χ1) is 26.3. The lowest BCUT2D eigenvalue weighted by atomic mass is 9.96. The van der Waals surface area contributed by atoms with E-state index in [-0.39, 0.29) is 32.5 Å². The second-order valence-electron chi connectivity index (χ2n) is 14.2. The van der Waals surface area contributed by atoms with Crippen LogP contribution in [0.1, 0.15) is 53.5 Å². The van der Waals surface area contributed by atoms with Crippen LogP contribution in [0.4, 0.5) is 0 Å². The van der Waals surface area contributed by atoms with Gasteiger partial charge in [0.15, 0.2) is 0 Å².